The van der Waals surface area contributed by atoms with Gasteiger partial charge in [-0.25, -0.2) is 9.78 Å². The van der Waals surface area contributed by atoms with Crippen molar-refractivity contribution in [2.45, 2.75) is 25.3 Å². The fourth-order valence-corrected chi connectivity index (χ4v) is 5.74. The number of nitrogens with one attached hydrogen (secondary N) is 1. The number of hydrogen-bond acceptors (Lipinski definition) is 3. The largest absolute Gasteiger partial charge is 0.331 e. The van der Waals surface area contributed by atoms with E-state index in [0.717, 1.165) is 43.6 Å². The molecule has 35 heavy (non-hydrogen) atoms. The van der Waals surface area contributed by atoms with E-state index in [2.05, 4.69) is 70.5 Å². The molecule has 3 heterocycles. The molecule has 5 nitrogen and oxygen atoms in total. The second-order valence-corrected chi connectivity index (χ2v) is 9.89. The highest BCUT2D eigenvalue weighted by molar-refractivity contribution is 6.31. The number of halogens is 1. The summed E-state index contributed by atoms with van der Waals surface area (Å²) in [5.41, 5.74) is 4.90. The molecule has 5 aromatic rings. The molecule has 1 N–H and O–H groups in total. The minimum atomic E-state index is -0.194. The number of nitrogens with zero attached hydrogens (tertiary/aromatic N) is 3. The van der Waals surface area contributed by atoms with Gasteiger partial charge in [0.25, 0.3) is 0 Å². The van der Waals surface area contributed by atoms with Crippen LogP contribution in [0.25, 0.3) is 16.6 Å². The van der Waals surface area contributed by atoms with Gasteiger partial charge >= 0.3 is 5.69 Å². The lowest BCUT2D eigenvalue weighted by Gasteiger charge is -2.36. The molecule has 0 radical (unpaired) electrons. The zero-order valence-electron chi connectivity index (χ0n) is 19.4. The molecule has 0 aliphatic carbocycles. The first kappa shape index (κ1) is 22.1. The molecule has 3 aromatic carbocycles. The van der Waals surface area contributed by atoms with Crippen LogP contribution in [0.3, 0.4) is 0 Å². The Morgan fingerprint density at radius 1 is 0.943 bits per heavy atom. The highest BCUT2D eigenvalue weighted by Gasteiger charge is 2.29. The van der Waals surface area contributed by atoms with Crippen LogP contribution in [0, 0.1) is 5.92 Å². The summed E-state index contributed by atoms with van der Waals surface area (Å²) in [7, 11) is 0. The monoisotopic (exact) mass is 482 g/mol. The first-order valence-corrected chi connectivity index (χ1v) is 12.6. The second kappa shape index (κ2) is 9.33. The van der Waals surface area contributed by atoms with Gasteiger partial charge in [0.1, 0.15) is 0 Å². The van der Waals surface area contributed by atoms with Crippen molar-refractivity contribution in [1.82, 2.24) is 19.3 Å². The Morgan fingerprint density at radius 2 is 1.60 bits per heavy atom. The zero-order valence-corrected chi connectivity index (χ0v) is 20.2. The molecule has 1 aliphatic rings. The molecular formula is C29H27ClN4O. The van der Waals surface area contributed by atoms with Crippen molar-refractivity contribution in [3.63, 3.8) is 0 Å². The van der Waals surface area contributed by atoms with Crippen molar-refractivity contribution in [2.24, 2.45) is 5.92 Å². The third kappa shape index (κ3) is 4.38. The maximum Gasteiger partial charge on any atom is 0.331 e. The van der Waals surface area contributed by atoms with Gasteiger partial charge in [0.05, 0.1) is 11.2 Å². The van der Waals surface area contributed by atoms with E-state index in [9.17, 15) is 4.79 Å². The smallest absolute Gasteiger partial charge is 0.306 e. The standard InChI is InChI=1S/C29H27ClN4O/c30-23-11-12-25-26(17-23)32-29(35)34-19-24(31-28(25)34)18-33-15-13-22(14-16-33)27(20-7-3-1-4-8-20)21-9-5-2-6-10-21/h1-12,17,19,22,27H,13-16,18H2,(H,32,35). The Bertz CT molecular complexity index is 1480. The average Bonchev–Trinajstić information content (AvgIpc) is 3.31. The third-order valence-electron chi connectivity index (χ3n) is 7.25. The predicted octanol–water partition coefficient (Wildman–Crippen LogP) is 5.87. The number of piperidine rings is 1. The minimum Gasteiger partial charge on any atom is -0.306 e. The van der Waals surface area contributed by atoms with Crippen LogP contribution < -0.4 is 5.69 Å². The van der Waals surface area contributed by atoms with E-state index in [4.69, 9.17) is 16.6 Å². The number of H-pyrrole nitrogens is 1. The Hall–Kier alpha value is -3.41. The number of rotatable bonds is 5. The van der Waals surface area contributed by atoms with Crippen molar-refractivity contribution in [3.8, 4) is 0 Å². The Kier molecular flexibility index (Phi) is 5.88. The lowest BCUT2D eigenvalue weighted by Crippen LogP contribution is -2.35. The van der Waals surface area contributed by atoms with E-state index in [-0.39, 0.29) is 5.69 Å². The SMILES string of the molecule is O=c1[nH]c2cc(Cl)ccc2c2nc(CN3CCC(C(c4ccccc4)c4ccccc4)CC3)cn12. The molecule has 2 aromatic heterocycles. The molecule has 0 saturated carbocycles. The van der Waals surface area contributed by atoms with Crippen LogP contribution in [0.2, 0.25) is 5.02 Å². The molecule has 1 fully saturated rings. The average molecular weight is 483 g/mol. The second-order valence-electron chi connectivity index (χ2n) is 9.46. The van der Waals surface area contributed by atoms with Crippen LogP contribution in [0.5, 0.6) is 0 Å². The molecule has 1 aliphatic heterocycles. The molecule has 0 atom stereocenters. The number of imidazole rings is 1. The van der Waals surface area contributed by atoms with Crippen molar-refractivity contribution < 1.29 is 0 Å². The van der Waals surface area contributed by atoms with E-state index < -0.39 is 0 Å². The van der Waals surface area contributed by atoms with E-state index in [1.165, 1.54) is 11.1 Å². The zero-order chi connectivity index (χ0) is 23.8. The number of benzene rings is 3. The van der Waals surface area contributed by atoms with E-state index >= 15 is 0 Å². The number of likely N-dealkylation sites (tertiary alicyclic amines) is 1. The molecular weight excluding hydrogens is 456 g/mol. The van der Waals surface area contributed by atoms with E-state index in [1.807, 2.05) is 18.3 Å². The van der Waals surface area contributed by atoms with Crippen LogP contribution in [0.1, 0.15) is 35.6 Å². The molecule has 0 spiro atoms. The summed E-state index contributed by atoms with van der Waals surface area (Å²) >= 11 is 6.11. The maximum atomic E-state index is 12.6. The van der Waals surface area contributed by atoms with Gasteiger partial charge in [0, 0.05) is 29.1 Å². The highest BCUT2D eigenvalue weighted by Crippen LogP contribution is 2.38. The number of hydrogen-bond donors (Lipinski definition) is 1. The quantitative estimate of drug-likeness (QED) is 0.340. The van der Waals surface area contributed by atoms with Crippen molar-refractivity contribution in [2.75, 3.05) is 13.1 Å². The molecule has 6 heteroatoms. The van der Waals surface area contributed by atoms with Gasteiger partial charge in [0.15, 0.2) is 5.65 Å². The Balaban J connectivity index is 1.21. The van der Waals surface area contributed by atoms with Crippen LogP contribution in [-0.2, 0) is 6.54 Å². The number of fused-ring (bicyclic) bond motifs is 3. The van der Waals surface area contributed by atoms with Crippen LogP contribution in [-0.4, -0.2) is 32.4 Å². The molecule has 0 amide bonds. The topological polar surface area (TPSA) is 53.4 Å². The molecule has 1 saturated heterocycles. The van der Waals surface area contributed by atoms with Gasteiger partial charge in [-0.15, -0.1) is 0 Å². The summed E-state index contributed by atoms with van der Waals surface area (Å²) in [6.45, 7) is 2.77. The van der Waals surface area contributed by atoms with Crippen molar-refractivity contribution >= 4 is 28.2 Å². The van der Waals surface area contributed by atoms with Gasteiger partial charge in [-0.3, -0.25) is 9.30 Å². The van der Waals surface area contributed by atoms with Crippen molar-refractivity contribution in [1.29, 1.82) is 0 Å². The van der Waals surface area contributed by atoms with Gasteiger partial charge in [-0.2, -0.15) is 0 Å². The lowest BCUT2D eigenvalue weighted by molar-refractivity contribution is 0.167. The molecule has 0 bridgehead atoms. The maximum absolute atomic E-state index is 12.6. The molecule has 176 valence electrons. The number of aromatic amines is 1. The fraction of sp³-hybridized carbons (Fsp3) is 0.241. The van der Waals surface area contributed by atoms with Crippen LogP contribution in [0.4, 0.5) is 0 Å². The third-order valence-corrected chi connectivity index (χ3v) is 7.48. The van der Waals surface area contributed by atoms with Crippen LogP contribution in [0.15, 0.2) is 89.9 Å². The van der Waals surface area contributed by atoms with Gasteiger partial charge in [0.2, 0.25) is 0 Å². The normalized spacial score (nSPS) is 15.4. The predicted molar refractivity (Wildman–Crippen MR) is 141 cm³/mol. The summed E-state index contributed by atoms with van der Waals surface area (Å²) in [4.78, 5) is 22.8. The summed E-state index contributed by atoms with van der Waals surface area (Å²) < 4.78 is 1.61. The van der Waals surface area contributed by atoms with E-state index in [1.54, 1.807) is 10.5 Å². The lowest BCUT2D eigenvalue weighted by atomic mass is 9.76. The van der Waals surface area contributed by atoms with Gasteiger partial charge in [-0.05, 0) is 61.2 Å². The molecule has 6 rings (SSSR count). The molecule has 0 unspecified atom stereocenters. The first-order chi connectivity index (χ1) is 17.2. The highest BCUT2D eigenvalue weighted by atomic mass is 35.5. The summed E-state index contributed by atoms with van der Waals surface area (Å²) in [5.74, 6) is 1.00. The van der Waals surface area contributed by atoms with Gasteiger partial charge in [-0.1, -0.05) is 72.3 Å². The Morgan fingerprint density at radius 3 is 2.26 bits per heavy atom. The summed E-state index contributed by atoms with van der Waals surface area (Å²) in [6, 6.07) is 27.3. The van der Waals surface area contributed by atoms with Crippen LogP contribution >= 0.6 is 11.6 Å². The summed E-state index contributed by atoms with van der Waals surface area (Å²) in [6.07, 6.45) is 4.12. The fourth-order valence-electron chi connectivity index (χ4n) is 5.57. The minimum absolute atomic E-state index is 0.194. The Labute approximate surface area is 209 Å². The van der Waals surface area contributed by atoms with Gasteiger partial charge < -0.3 is 4.98 Å². The number of aromatic nitrogens is 3. The van der Waals surface area contributed by atoms with E-state index in [0.29, 0.717) is 28.0 Å². The first-order valence-electron chi connectivity index (χ1n) is 12.2. The van der Waals surface area contributed by atoms with Crippen molar-refractivity contribution in [3.05, 3.63) is 117 Å². The summed E-state index contributed by atoms with van der Waals surface area (Å²) in [5, 5.41) is 1.49.